The summed E-state index contributed by atoms with van der Waals surface area (Å²) in [5, 5.41) is 7.88. The maximum atomic E-state index is 15.6. The molecule has 0 saturated heterocycles. The van der Waals surface area contributed by atoms with E-state index in [2.05, 4.69) is 54.3 Å². The number of nitrogens with one attached hydrogen (secondary N) is 2. The Morgan fingerprint density at radius 2 is 1.09 bits per heavy atom. The predicted octanol–water partition coefficient (Wildman–Crippen LogP) is 8.81. The van der Waals surface area contributed by atoms with E-state index in [0.29, 0.717) is 58.4 Å². The lowest BCUT2D eigenvalue weighted by atomic mass is 9.48. The third-order valence-electron chi connectivity index (χ3n) is 18.6. The van der Waals surface area contributed by atoms with Crippen molar-refractivity contribution in [2.24, 2.45) is 57.2 Å². The van der Waals surface area contributed by atoms with Crippen molar-refractivity contribution in [3.8, 4) is 0 Å². The number of halogens is 3. The molecule has 0 radical (unpaired) electrons. The van der Waals surface area contributed by atoms with Gasteiger partial charge in [-0.3, -0.25) is 9.59 Å². The van der Waals surface area contributed by atoms with E-state index in [-0.39, 0.29) is 40.0 Å². The summed E-state index contributed by atoms with van der Waals surface area (Å²) in [4.78, 5) is 28.2. The predicted molar refractivity (Wildman–Crippen MR) is 208 cm³/mol. The van der Waals surface area contributed by atoms with Gasteiger partial charge < -0.3 is 20.4 Å². The second kappa shape index (κ2) is 12.8. The molecular weight excluding hydrogens is 734 g/mol. The zero-order valence-corrected chi connectivity index (χ0v) is 34.8. The average Bonchev–Trinajstić information content (AvgIpc) is 4.07. The smallest absolute Gasteiger partial charge is 0.263 e. The van der Waals surface area contributed by atoms with Crippen LogP contribution in [0.25, 0.3) is 0 Å². The Morgan fingerprint density at radius 1 is 0.623 bits per heavy atom. The van der Waals surface area contributed by atoms with Crippen LogP contribution >= 0.6 is 15.9 Å². The van der Waals surface area contributed by atoms with Gasteiger partial charge in [-0.1, -0.05) is 27.7 Å². The summed E-state index contributed by atoms with van der Waals surface area (Å²) < 4.78 is 30.9. The van der Waals surface area contributed by atoms with Crippen LogP contribution in [0, 0.1) is 57.2 Å². The largest absolute Gasteiger partial charge is 0.338 e. The monoisotopic (exact) mass is 798 g/mol. The number of nitrogens with zero attached hydrogens (tertiary/aromatic N) is 2. The Bertz CT molecular complexity index is 1600. The molecule has 8 fully saturated rings. The van der Waals surface area contributed by atoms with E-state index in [4.69, 9.17) is 0 Å². The van der Waals surface area contributed by atoms with Crippen LogP contribution in [0.4, 0.5) is 8.78 Å². The zero-order chi connectivity index (χ0) is 37.4. The number of hydrogen-bond acceptors (Lipinski definition) is 4. The van der Waals surface area contributed by atoms with Gasteiger partial charge in [0.2, 0.25) is 5.91 Å². The van der Waals surface area contributed by atoms with E-state index in [1.165, 1.54) is 70.3 Å². The standard InChI is InChI=1S/C22H32BrFN2O.C22H33FN2O/c1-21-11-10-15-13(14(21)7-8-16(21)25-12-4-5-12)6-9-17-22(15,2)19(24)18(23)20(27)26(17)3;1-21-11-10-16-14(15(21)7-8-18(21)24-13-4-5-13)6-9-19-22(16,2)17(23)12-20(26)25(19)3/h12-17,25H,4-11H2,1-3H3;12-16,18-19,24H,4-11H2,1-3H3/t13-,14-,15-,16-,17+,21-,22+;14-,15-,16-,18-,19+,21-,22-/m00/s1. The van der Waals surface area contributed by atoms with E-state index in [1.807, 2.05) is 23.9 Å². The first-order chi connectivity index (χ1) is 25.1. The number of likely N-dealkylation sites (N-methyl/N-ethyl adjacent to an activating group) is 2. The van der Waals surface area contributed by atoms with Crippen LogP contribution in [0.2, 0.25) is 0 Å². The molecule has 294 valence electrons. The molecule has 14 atom stereocenters. The van der Waals surface area contributed by atoms with Crippen LogP contribution in [-0.2, 0) is 9.59 Å². The third-order valence-corrected chi connectivity index (χ3v) is 19.3. The molecular formula is C44H65BrF2N4O2. The van der Waals surface area contributed by atoms with E-state index in [0.717, 1.165) is 50.6 Å². The van der Waals surface area contributed by atoms with Gasteiger partial charge in [0.15, 0.2) is 0 Å². The molecule has 0 spiro atoms. The first-order valence-electron chi connectivity index (χ1n) is 21.6. The molecule has 2 heterocycles. The van der Waals surface area contributed by atoms with E-state index in [9.17, 15) is 9.59 Å². The first-order valence-corrected chi connectivity index (χ1v) is 22.4. The molecule has 8 aliphatic carbocycles. The fourth-order valence-electron chi connectivity index (χ4n) is 15.3. The third kappa shape index (κ3) is 5.43. The Labute approximate surface area is 325 Å². The van der Waals surface area contributed by atoms with Crippen molar-refractivity contribution >= 4 is 27.7 Å². The number of fused-ring (bicyclic) bond motifs is 10. The highest BCUT2D eigenvalue weighted by atomic mass is 79.9. The number of carbonyl (C=O) groups is 2. The van der Waals surface area contributed by atoms with Crippen LogP contribution < -0.4 is 10.6 Å². The van der Waals surface area contributed by atoms with Gasteiger partial charge in [0.1, 0.15) is 16.1 Å². The Hall–Kier alpha value is -1.32. The van der Waals surface area contributed by atoms with E-state index < -0.39 is 10.8 Å². The van der Waals surface area contributed by atoms with Crippen LogP contribution in [0.15, 0.2) is 22.2 Å². The van der Waals surface area contributed by atoms with Gasteiger partial charge in [-0.2, -0.15) is 0 Å². The topological polar surface area (TPSA) is 64.7 Å². The molecule has 8 saturated carbocycles. The van der Waals surface area contributed by atoms with Crippen molar-refractivity contribution in [1.82, 2.24) is 20.4 Å². The number of rotatable bonds is 4. The van der Waals surface area contributed by atoms with E-state index in [1.54, 1.807) is 0 Å². The quantitative estimate of drug-likeness (QED) is 0.299. The molecule has 2 amide bonds. The molecule has 10 aliphatic rings. The van der Waals surface area contributed by atoms with Crippen LogP contribution in [-0.4, -0.2) is 72.0 Å². The van der Waals surface area contributed by atoms with Crippen molar-refractivity contribution < 1.29 is 18.4 Å². The molecule has 9 heteroatoms. The van der Waals surface area contributed by atoms with Gasteiger partial charge in [-0.25, -0.2) is 8.78 Å². The van der Waals surface area contributed by atoms with Crippen molar-refractivity contribution in [1.29, 1.82) is 0 Å². The summed E-state index contributed by atoms with van der Waals surface area (Å²) in [6.07, 6.45) is 20.6. The number of hydrogen-bond donors (Lipinski definition) is 2. The summed E-state index contributed by atoms with van der Waals surface area (Å²) >= 11 is 3.29. The number of amides is 2. The SMILES string of the molecule is CN1C(=O)C(Br)=C(F)[C@]2(C)[C@H]3CC[C@]4(C)[C@@H](NC5CC5)CC[C@H]4[C@@H]3CC[C@@H]12.CN1C(=O)C=C(F)[C@]2(C)[C@H]3CC[C@]4(C)[C@@H](NC5CC5)CC[C@H]4[C@@H]3CC[C@@H]12. The molecule has 6 nitrogen and oxygen atoms in total. The molecule has 2 aliphatic heterocycles. The second-order valence-corrected chi connectivity index (χ2v) is 21.5. The van der Waals surface area contributed by atoms with Gasteiger partial charge in [-0.05, 0) is 165 Å². The Balaban J connectivity index is 0.000000141. The summed E-state index contributed by atoms with van der Waals surface area (Å²) in [6.45, 7) is 9.23. The zero-order valence-electron chi connectivity index (χ0n) is 33.2. The lowest BCUT2D eigenvalue weighted by Gasteiger charge is -2.60. The highest BCUT2D eigenvalue weighted by Gasteiger charge is 2.65. The van der Waals surface area contributed by atoms with Crippen molar-refractivity contribution in [3.63, 3.8) is 0 Å². The van der Waals surface area contributed by atoms with E-state index >= 15 is 8.78 Å². The summed E-state index contributed by atoms with van der Waals surface area (Å²) in [5.74, 6) is 2.66. The Morgan fingerprint density at radius 3 is 1.58 bits per heavy atom. The average molecular weight is 800 g/mol. The van der Waals surface area contributed by atoms with Crippen LogP contribution in [0.3, 0.4) is 0 Å². The second-order valence-electron chi connectivity index (χ2n) is 20.7. The lowest BCUT2D eigenvalue weighted by Crippen LogP contribution is -2.62. The maximum Gasteiger partial charge on any atom is 0.263 e. The van der Waals surface area contributed by atoms with Crippen LogP contribution in [0.5, 0.6) is 0 Å². The Kier molecular flexibility index (Phi) is 9.03. The summed E-state index contributed by atoms with van der Waals surface area (Å²) in [6, 6.07) is 2.85. The minimum absolute atomic E-state index is 0.00121. The molecule has 2 N–H and O–H groups in total. The van der Waals surface area contributed by atoms with Crippen molar-refractivity contribution in [2.45, 2.75) is 167 Å². The lowest BCUT2D eigenvalue weighted by molar-refractivity contribution is -0.143. The van der Waals surface area contributed by atoms with Gasteiger partial charge in [0.05, 0.1) is 0 Å². The molecule has 0 aromatic carbocycles. The van der Waals surface area contributed by atoms with Gasteiger partial charge in [0.25, 0.3) is 5.91 Å². The normalized spacial score (nSPS) is 50.2. The molecule has 0 aromatic rings. The van der Waals surface area contributed by atoms with Crippen molar-refractivity contribution in [3.05, 3.63) is 22.2 Å². The first kappa shape index (κ1) is 37.3. The highest BCUT2D eigenvalue weighted by Crippen LogP contribution is 2.67. The molecule has 0 unspecified atom stereocenters. The summed E-state index contributed by atoms with van der Waals surface area (Å²) in [5.41, 5.74) is -0.271. The summed E-state index contributed by atoms with van der Waals surface area (Å²) in [7, 11) is 3.73. The van der Waals surface area contributed by atoms with Crippen molar-refractivity contribution in [2.75, 3.05) is 14.1 Å². The minimum atomic E-state index is -0.534. The fraction of sp³-hybridized carbons (Fsp3) is 0.864. The molecule has 0 aromatic heterocycles. The minimum Gasteiger partial charge on any atom is -0.338 e. The number of carbonyl (C=O) groups excluding carboxylic acids is 2. The molecule has 53 heavy (non-hydrogen) atoms. The van der Waals surface area contributed by atoms with Crippen LogP contribution in [0.1, 0.15) is 130 Å². The highest BCUT2D eigenvalue weighted by molar-refractivity contribution is 9.12. The maximum absolute atomic E-state index is 15.6. The van der Waals surface area contributed by atoms with Gasteiger partial charge in [0, 0.05) is 67.3 Å². The fourth-order valence-corrected chi connectivity index (χ4v) is 16.0. The van der Waals surface area contributed by atoms with Gasteiger partial charge in [-0.15, -0.1) is 0 Å². The molecule has 0 bridgehead atoms. The van der Waals surface area contributed by atoms with Gasteiger partial charge >= 0.3 is 0 Å². The molecule has 10 rings (SSSR count).